The first kappa shape index (κ1) is 25.8. The summed E-state index contributed by atoms with van der Waals surface area (Å²) in [4.78, 5) is 24.5. The number of methoxy groups -OCH3 is 1. The van der Waals surface area contributed by atoms with Crippen molar-refractivity contribution in [3.63, 3.8) is 0 Å². The molecule has 0 fully saturated rings. The smallest absolute Gasteiger partial charge is 0.408 e. The van der Waals surface area contributed by atoms with E-state index < -0.39 is 23.7 Å². The molecule has 1 heterocycles. The van der Waals surface area contributed by atoms with Gasteiger partial charge in [-0.2, -0.15) is 5.10 Å². The number of hydrogen-bond acceptors (Lipinski definition) is 6. The molecule has 0 aliphatic rings. The van der Waals surface area contributed by atoms with Gasteiger partial charge in [-0.25, -0.2) is 9.48 Å². The summed E-state index contributed by atoms with van der Waals surface area (Å²) < 4.78 is 18.1. The Hall–Kier alpha value is -3.81. The monoisotopic (exact) mass is 479 g/mol. The molecule has 1 aromatic heterocycles. The van der Waals surface area contributed by atoms with E-state index in [0.29, 0.717) is 6.61 Å². The molecule has 0 aliphatic carbocycles. The van der Waals surface area contributed by atoms with Crippen molar-refractivity contribution in [2.75, 3.05) is 7.11 Å². The highest BCUT2D eigenvalue weighted by Crippen LogP contribution is 2.28. The third-order valence-electron chi connectivity index (χ3n) is 5.26. The highest BCUT2D eigenvalue weighted by atomic mass is 16.6. The van der Waals surface area contributed by atoms with E-state index in [-0.39, 0.29) is 6.42 Å². The zero-order valence-electron chi connectivity index (χ0n) is 21.1. The zero-order valence-corrected chi connectivity index (χ0v) is 21.1. The minimum absolute atomic E-state index is 0.0399. The van der Waals surface area contributed by atoms with E-state index in [1.165, 1.54) is 7.11 Å². The van der Waals surface area contributed by atoms with Crippen molar-refractivity contribution < 1.29 is 23.8 Å². The number of hydrogen-bond donors (Lipinski definition) is 1. The molecule has 8 nitrogen and oxygen atoms in total. The summed E-state index contributed by atoms with van der Waals surface area (Å²) >= 11 is 0. The number of aryl methyl sites for hydroxylation is 1. The molecule has 1 N–H and O–H groups in total. The van der Waals surface area contributed by atoms with Gasteiger partial charge in [0.15, 0.2) is 5.75 Å². The van der Waals surface area contributed by atoms with Crippen molar-refractivity contribution in [3.05, 3.63) is 77.1 Å². The Kier molecular flexibility index (Phi) is 8.17. The number of nitrogens with one attached hydrogen (secondary N) is 1. The van der Waals surface area contributed by atoms with Crippen molar-refractivity contribution in [2.45, 2.75) is 59.3 Å². The van der Waals surface area contributed by atoms with Crippen molar-refractivity contribution in [3.8, 4) is 11.4 Å². The first-order chi connectivity index (χ1) is 16.6. The van der Waals surface area contributed by atoms with Crippen LogP contribution in [0.3, 0.4) is 0 Å². The van der Waals surface area contributed by atoms with Gasteiger partial charge in [-0.3, -0.25) is 4.79 Å². The number of carbonyl (C=O) groups excluding carboxylic acids is 2. The van der Waals surface area contributed by atoms with Gasteiger partial charge in [0.05, 0.1) is 31.0 Å². The van der Waals surface area contributed by atoms with Gasteiger partial charge in [0, 0.05) is 0 Å². The molecule has 0 bridgehead atoms. The van der Waals surface area contributed by atoms with Gasteiger partial charge >= 0.3 is 12.1 Å². The van der Waals surface area contributed by atoms with Crippen molar-refractivity contribution in [1.29, 1.82) is 0 Å². The fourth-order valence-electron chi connectivity index (χ4n) is 3.64. The van der Waals surface area contributed by atoms with E-state index in [1.807, 2.05) is 68.4 Å². The van der Waals surface area contributed by atoms with Gasteiger partial charge in [-0.1, -0.05) is 42.5 Å². The number of rotatable bonds is 8. The Morgan fingerprint density at radius 1 is 1.06 bits per heavy atom. The molecule has 3 aromatic rings. The maximum absolute atomic E-state index is 12.4. The third kappa shape index (κ3) is 7.09. The molecule has 186 valence electrons. The fourth-order valence-corrected chi connectivity index (χ4v) is 3.64. The fraction of sp³-hybridized carbons (Fsp3) is 0.370. The van der Waals surface area contributed by atoms with Crippen molar-refractivity contribution >= 4 is 12.1 Å². The lowest BCUT2D eigenvalue weighted by Crippen LogP contribution is -2.36. The van der Waals surface area contributed by atoms with E-state index in [4.69, 9.17) is 14.2 Å². The summed E-state index contributed by atoms with van der Waals surface area (Å²) in [5, 5.41) is 7.45. The summed E-state index contributed by atoms with van der Waals surface area (Å²) in [5.41, 5.74) is 3.51. The highest BCUT2D eigenvalue weighted by Gasteiger charge is 2.24. The molecule has 0 saturated carbocycles. The van der Waals surface area contributed by atoms with E-state index in [1.54, 1.807) is 25.5 Å². The summed E-state index contributed by atoms with van der Waals surface area (Å²) in [5.74, 6) is 0.274. The molecule has 1 unspecified atom stereocenters. The molecular weight excluding hydrogens is 446 g/mol. The number of alkyl carbamates (subject to hydrolysis) is 1. The minimum atomic E-state index is -0.665. The molecule has 0 saturated heterocycles. The van der Waals surface area contributed by atoms with Crippen LogP contribution in [0, 0.1) is 13.8 Å². The Morgan fingerprint density at radius 3 is 2.43 bits per heavy atom. The third-order valence-corrected chi connectivity index (χ3v) is 5.26. The van der Waals surface area contributed by atoms with Crippen LogP contribution in [0.2, 0.25) is 0 Å². The van der Waals surface area contributed by atoms with Gasteiger partial charge < -0.3 is 19.5 Å². The van der Waals surface area contributed by atoms with E-state index >= 15 is 0 Å². The predicted molar refractivity (Wildman–Crippen MR) is 133 cm³/mol. The summed E-state index contributed by atoms with van der Waals surface area (Å²) in [6.45, 7) is 9.62. The lowest BCUT2D eigenvalue weighted by Gasteiger charge is -2.23. The standard InChI is InChI=1S/C27H33N3O5/c1-18-25(34-17-20-11-8-7-9-12-20)19(2)30(29-18)22-14-10-13-21(15-22)23(16-24(31)33-6)28-26(32)35-27(3,4)5/h7-15,23H,16-17H2,1-6H3,(H,28,32). The van der Waals surface area contributed by atoms with Crippen LogP contribution in [0.15, 0.2) is 54.6 Å². The number of benzene rings is 2. The molecular formula is C27H33N3O5. The normalized spacial score (nSPS) is 12.1. The second-order valence-electron chi connectivity index (χ2n) is 9.26. The second-order valence-corrected chi connectivity index (χ2v) is 9.26. The van der Waals surface area contributed by atoms with Crippen LogP contribution in [-0.2, 0) is 20.9 Å². The van der Waals surface area contributed by atoms with Crippen LogP contribution in [0.25, 0.3) is 5.69 Å². The molecule has 2 aromatic carbocycles. The molecule has 1 atom stereocenters. The first-order valence-corrected chi connectivity index (χ1v) is 11.5. The van der Waals surface area contributed by atoms with Crippen molar-refractivity contribution in [1.82, 2.24) is 15.1 Å². The van der Waals surface area contributed by atoms with E-state index in [0.717, 1.165) is 34.0 Å². The van der Waals surface area contributed by atoms with E-state index in [2.05, 4.69) is 10.4 Å². The molecule has 0 spiro atoms. The van der Waals surface area contributed by atoms with Gasteiger partial charge in [0.25, 0.3) is 0 Å². The van der Waals surface area contributed by atoms with Crippen LogP contribution < -0.4 is 10.1 Å². The van der Waals surface area contributed by atoms with Gasteiger partial charge in [0.1, 0.15) is 17.9 Å². The van der Waals surface area contributed by atoms with Crippen LogP contribution >= 0.6 is 0 Å². The number of ether oxygens (including phenoxy) is 3. The SMILES string of the molecule is COC(=O)CC(NC(=O)OC(C)(C)C)c1cccc(-n2nc(C)c(OCc3ccccc3)c2C)c1. The Bertz CT molecular complexity index is 1170. The second kappa shape index (κ2) is 11.1. The van der Waals surface area contributed by atoms with Crippen LogP contribution in [-0.4, -0.2) is 34.6 Å². The zero-order chi connectivity index (χ0) is 25.6. The number of aromatic nitrogens is 2. The molecule has 0 aliphatic heterocycles. The average molecular weight is 480 g/mol. The molecule has 0 radical (unpaired) electrons. The van der Waals surface area contributed by atoms with Crippen molar-refractivity contribution in [2.24, 2.45) is 0 Å². The summed E-state index contributed by atoms with van der Waals surface area (Å²) in [7, 11) is 1.32. The lowest BCUT2D eigenvalue weighted by atomic mass is 10.0. The first-order valence-electron chi connectivity index (χ1n) is 11.5. The van der Waals surface area contributed by atoms with Gasteiger partial charge in [-0.05, 0) is 57.9 Å². The largest absolute Gasteiger partial charge is 0.485 e. The van der Waals surface area contributed by atoms with E-state index in [9.17, 15) is 9.59 Å². The highest BCUT2D eigenvalue weighted by molar-refractivity contribution is 5.73. The Labute approximate surface area is 206 Å². The molecule has 35 heavy (non-hydrogen) atoms. The molecule has 1 amide bonds. The van der Waals surface area contributed by atoms with Gasteiger partial charge in [-0.15, -0.1) is 0 Å². The minimum Gasteiger partial charge on any atom is -0.485 e. The average Bonchev–Trinajstić information content (AvgIpc) is 3.09. The van der Waals surface area contributed by atoms with Crippen LogP contribution in [0.1, 0.15) is 55.7 Å². The number of amides is 1. The van der Waals surface area contributed by atoms with Gasteiger partial charge in [0.2, 0.25) is 0 Å². The maximum Gasteiger partial charge on any atom is 0.408 e. The summed E-state index contributed by atoms with van der Waals surface area (Å²) in [6.07, 6.45) is -0.651. The maximum atomic E-state index is 12.4. The lowest BCUT2D eigenvalue weighted by molar-refractivity contribution is -0.141. The Balaban J connectivity index is 1.86. The molecule has 8 heteroatoms. The Morgan fingerprint density at radius 2 is 1.77 bits per heavy atom. The van der Waals surface area contributed by atoms with Crippen LogP contribution in [0.5, 0.6) is 5.75 Å². The number of carbonyl (C=O) groups is 2. The quantitative estimate of drug-likeness (QED) is 0.447. The predicted octanol–water partition coefficient (Wildman–Crippen LogP) is 5.20. The number of esters is 1. The molecule has 3 rings (SSSR count). The van der Waals surface area contributed by atoms with Crippen LogP contribution in [0.4, 0.5) is 4.79 Å². The number of nitrogens with zero attached hydrogens (tertiary/aromatic N) is 2. The topological polar surface area (TPSA) is 91.7 Å². The summed E-state index contributed by atoms with van der Waals surface area (Å²) in [6, 6.07) is 16.8.